The van der Waals surface area contributed by atoms with Crippen LogP contribution in [0.2, 0.25) is 0 Å². The van der Waals surface area contributed by atoms with Crippen LogP contribution < -0.4 is 5.56 Å². The number of nitrogens with one attached hydrogen (secondary N) is 1. The number of benzene rings is 1. The zero-order chi connectivity index (χ0) is 17.8. The van der Waals surface area contributed by atoms with Crippen LogP contribution in [-0.4, -0.2) is 58.9 Å². The summed E-state index contributed by atoms with van der Waals surface area (Å²) in [5.74, 6) is 0.737. The topological polar surface area (TPSA) is 69.3 Å². The minimum Gasteiger partial charge on any atom is -0.338 e. The molecule has 2 heterocycles. The Hall–Kier alpha value is -2.21. The molecule has 0 radical (unpaired) electrons. The lowest BCUT2D eigenvalue weighted by Crippen LogP contribution is -2.48. The first-order valence-corrected chi connectivity index (χ1v) is 8.97. The molecule has 1 aliphatic rings. The standard InChI is InChI=1S/C19H26N4O2/c1-22(2)13-14-7-5-6-12-23(14)18(24)11-10-17-20-16-9-4-3-8-15(16)19(25)21-17/h3-4,8-9,14H,5-7,10-13H2,1-2H3,(H,20,21,25)/t14-/m1/s1. The number of likely N-dealkylation sites (N-methyl/N-ethyl adjacent to an activating group) is 1. The van der Waals surface area contributed by atoms with Crippen molar-refractivity contribution in [1.29, 1.82) is 0 Å². The molecule has 134 valence electrons. The summed E-state index contributed by atoms with van der Waals surface area (Å²) in [7, 11) is 4.09. The molecular weight excluding hydrogens is 316 g/mol. The third-order valence-corrected chi connectivity index (χ3v) is 4.76. The number of aromatic amines is 1. The molecule has 0 bridgehead atoms. The van der Waals surface area contributed by atoms with E-state index < -0.39 is 0 Å². The van der Waals surface area contributed by atoms with Gasteiger partial charge in [-0.1, -0.05) is 12.1 Å². The molecule has 6 nitrogen and oxygen atoms in total. The largest absolute Gasteiger partial charge is 0.338 e. The predicted octanol–water partition coefficient (Wildman–Crippen LogP) is 1.80. The summed E-state index contributed by atoms with van der Waals surface area (Å²) in [5.41, 5.74) is 0.536. The molecule has 0 saturated carbocycles. The summed E-state index contributed by atoms with van der Waals surface area (Å²) in [6, 6.07) is 7.57. The van der Waals surface area contributed by atoms with Crippen LogP contribution in [0.1, 0.15) is 31.5 Å². The van der Waals surface area contributed by atoms with Crippen molar-refractivity contribution < 1.29 is 4.79 Å². The lowest BCUT2D eigenvalue weighted by atomic mass is 10.0. The summed E-state index contributed by atoms with van der Waals surface area (Å²) < 4.78 is 0. The van der Waals surface area contributed by atoms with E-state index in [4.69, 9.17) is 0 Å². The van der Waals surface area contributed by atoms with Crippen molar-refractivity contribution in [2.24, 2.45) is 0 Å². The average Bonchev–Trinajstić information content (AvgIpc) is 2.60. The highest BCUT2D eigenvalue weighted by Gasteiger charge is 2.26. The molecular formula is C19H26N4O2. The molecule has 0 spiro atoms. The van der Waals surface area contributed by atoms with Crippen LogP contribution in [0.15, 0.2) is 29.1 Å². The highest BCUT2D eigenvalue weighted by Crippen LogP contribution is 2.19. The summed E-state index contributed by atoms with van der Waals surface area (Å²) in [6.45, 7) is 1.73. The first kappa shape index (κ1) is 17.6. The van der Waals surface area contributed by atoms with E-state index >= 15 is 0 Å². The number of piperidine rings is 1. The molecule has 2 aromatic rings. The maximum absolute atomic E-state index is 12.7. The smallest absolute Gasteiger partial charge is 0.258 e. The van der Waals surface area contributed by atoms with Crippen molar-refractivity contribution in [2.75, 3.05) is 27.2 Å². The predicted molar refractivity (Wildman–Crippen MR) is 98.6 cm³/mol. The first-order valence-electron chi connectivity index (χ1n) is 8.97. The minimum atomic E-state index is -0.142. The van der Waals surface area contributed by atoms with Crippen LogP contribution in [0.4, 0.5) is 0 Å². The van der Waals surface area contributed by atoms with Gasteiger partial charge in [-0.05, 0) is 45.5 Å². The Bertz CT molecular complexity index is 799. The Morgan fingerprint density at radius 2 is 2.12 bits per heavy atom. The van der Waals surface area contributed by atoms with E-state index in [-0.39, 0.29) is 11.5 Å². The zero-order valence-electron chi connectivity index (χ0n) is 15.0. The number of likely N-dealkylation sites (tertiary alicyclic amines) is 1. The van der Waals surface area contributed by atoms with E-state index in [1.807, 2.05) is 37.2 Å². The second kappa shape index (κ2) is 7.78. The highest BCUT2D eigenvalue weighted by atomic mass is 16.2. The third kappa shape index (κ3) is 4.25. The summed E-state index contributed by atoms with van der Waals surface area (Å²) in [4.78, 5) is 36.3. The molecule has 0 aliphatic carbocycles. The van der Waals surface area contributed by atoms with Crippen molar-refractivity contribution in [3.8, 4) is 0 Å². The number of nitrogens with zero attached hydrogens (tertiary/aromatic N) is 3. The van der Waals surface area contributed by atoms with Crippen LogP contribution in [0, 0.1) is 0 Å². The van der Waals surface area contributed by atoms with E-state index in [0.29, 0.717) is 35.6 Å². The molecule has 1 saturated heterocycles. The Kier molecular flexibility index (Phi) is 5.48. The van der Waals surface area contributed by atoms with Crippen molar-refractivity contribution >= 4 is 16.8 Å². The van der Waals surface area contributed by atoms with Crippen molar-refractivity contribution in [1.82, 2.24) is 19.8 Å². The summed E-state index contributed by atoms with van der Waals surface area (Å²) >= 11 is 0. The minimum absolute atomic E-state index is 0.142. The number of carbonyl (C=O) groups is 1. The molecule has 0 unspecified atom stereocenters. The summed E-state index contributed by atoms with van der Waals surface area (Å²) in [6.07, 6.45) is 4.16. The lowest BCUT2D eigenvalue weighted by Gasteiger charge is -2.37. The number of hydrogen-bond acceptors (Lipinski definition) is 4. The number of rotatable bonds is 5. The number of fused-ring (bicyclic) bond motifs is 1. The van der Waals surface area contributed by atoms with Gasteiger partial charge in [-0.25, -0.2) is 4.98 Å². The van der Waals surface area contributed by atoms with Gasteiger partial charge in [-0.2, -0.15) is 0 Å². The van der Waals surface area contributed by atoms with Crippen molar-refractivity contribution in [3.05, 3.63) is 40.4 Å². The quantitative estimate of drug-likeness (QED) is 0.899. The van der Waals surface area contributed by atoms with E-state index in [0.717, 1.165) is 25.9 Å². The van der Waals surface area contributed by atoms with Gasteiger partial charge in [0.2, 0.25) is 5.91 Å². The highest BCUT2D eigenvalue weighted by molar-refractivity contribution is 5.78. The van der Waals surface area contributed by atoms with Gasteiger partial charge >= 0.3 is 0 Å². The normalized spacial score (nSPS) is 18.0. The average molecular weight is 342 g/mol. The number of aromatic nitrogens is 2. The third-order valence-electron chi connectivity index (χ3n) is 4.76. The first-order chi connectivity index (χ1) is 12.0. The lowest BCUT2D eigenvalue weighted by molar-refractivity contribution is -0.135. The van der Waals surface area contributed by atoms with Gasteiger partial charge in [0.25, 0.3) is 5.56 Å². The van der Waals surface area contributed by atoms with Crippen LogP contribution in [0.3, 0.4) is 0 Å². The number of para-hydroxylation sites is 1. The van der Waals surface area contributed by atoms with Crippen LogP contribution >= 0.6 is 0 Å². The number of amides is 1. The Morgan fingerprint density at radius 3 is 2.92 bits per heavy atom. The molecule has 1 aromatic heterocycles. The second-order valence-corrected chi connectivity index (χ2v) is 7.03. The summed E-state index contributed by atoms with van der Waals surface area (Å²) in [5, 5.41) is 0.583. The van der Waals surface area contributed by atoms with Crippen molar-refractivity contribution in [2.45, 2.75) is 38.1 Å². The molecule has 1 aromatic carbocycles. The van der Waals surface area contributed by atoms with Gasteiger partial charge in [-0.3, -0.25) is 9.59 Å². The fourth-order valence-electron chi connectivity index (χ4n) is 3.56. The molecule has 3 rings (SSSR count). The monoisotopic (exact) mass is 342 g/mol. The number of H-pyrrole nitrogens is 1. The molecule has 1 fully saturated rings. The molecule has 25 heavy (non-hydrogen) atoms. The molecule has 1 N–H and O–H groups in total. The second-order valence-electron chi connectivity index (χ2n) is 7.03. The van der Waals surface area contributed by atoms with Gasteiger partial charge in [0, 0.05) is 32.0 Å². The van der Waals surface area contributed by atoms with Gasteiger partial charge < -0.3 is 14.8 Å². The van der Waals surface area contributed by atoms with Crippen LogP contribution in [0.5, 0.6) is 0 Å². The van der Waals surface area contributed by atoms with Gasteiger partial charge in [-0.15, -0.1) is 0 Å². The Morgan fingerprint density at radius 1 is 1.32 bits per heavy atom. The van der Waals surface area contributed by atoms with E-state index in [1.54, 1.807) is 6.07 Å². The number of aryl methyl sites for hydroxylation is 1. The fraction of sp³-hybridized carbons (Fsp3) is 0.526. The Balaban J connectivity index is 1.68. The maximum atomic E-state index is 12.7. The van der Waals surface area contributed by atoms with Gasteiger partial charge in [0.1, 0.15) is 5.82 Å². The Labute approximate surface area is 147 Å². The molecule has 1 aliphatic heterocycles. The molecule has 6 heteroatoms. The number of carbonyl (C=O) groups excluding carboxylic acids is 1. The van der Waals surface area contributed by atoms with E-state index in [2.05, 4.69) is 14.9 Å². The van der Waals surface area contributed by atoms with Crippen LogP contribution in [0.25, 0.3) is 10.9 Å². The molecule has 1 atom stereocenters. The fourth-order valence-corrected chi connectivity index (χ4v) is 3.56. The molecule has 1 amide bonds. The maximum Gasteiger partial charge on any atom is 0.258 e. The van der Waals surface area contributed by atoms with Crippen molar-refractivity contribution in [3.63, 3.8) is 0 Å². The van der Waals surface area contributed by atoms with E-state index in [1.165, 1.54) is 6.42 Å². The zero-order valence-corrected chi connectivity index (χ0v) is 15.0. The van der Waals surface area contributed by atoms with Gasteiger partial charge in [0.05, 0.1) is 10.9 Å². The van der Waals surface area contributed by atoms with Crippen LogP contribution in [-0.2, 0) is 11.2 Å². The van der Waals surface area contributed by atoms with E-state index in [9.17, 15) is 9.59 Å². The van der Waals surface area contributed by atoms with Gasteiger partial charge in [0.15, 0.2) is 0 Å². The SMILES string of the molecule is CN(C)C[C@H]1CCCCN1C(=O)CCc1nc2ccccc2c(=O)[nH]1. The number of hydrogen-bond donors (Lipinski definition) is 1.